The van der Waals surface area contributed by atoms with E-state index in [0.29, 0.717) is 22.5 Å². The molecule has 8 atom stereocenters. The summed E-state index contributed by atoms with van der Waals surface area (Å²) in [5, 5.41) is 10.1. The van der Waals surface area contributed by atoms with Crippen LogP contribution in [0.15, 0.2) is 12.2 Å². The van der Waals surface area contributed by atoms with E-state index in [1.807, 2.05) is 6.08 Å². The summed E-state index contributed by atoms with van der Waals surface area (Å²) in [7, 11) is 0. The first kappa shape index (κ1) is 15.6. The highest BCUT2D eigenvalue weighted by Crippen LogP contribution is 2.69. The Kier molecular flexibility index (Phi) is 3.38. The Labute approximate surface area is 146 Å². The number of hydrogen-bond donors (Lipinski definition) is 1. The van der Waals surface area contributed by atoms with Gasteiger partial charge in [-0.25, -0.2) is 0 Å². The third-order valence-electron chi connectivity index (χ3n) is 9.44. The Morgan fingerprint density at radius 2 is 1.92 bits per heavy atom. The van der Waals surface area contributed by atoms with Crippen molar-refractivity contribution in [1.29, 1.82) is 0 Å². The summed E-state index contributed by atoms with van der Waals surface area (Å²) in [6.07, 6.45) is 16.2. The van der Waals surface area contributed by atoms with Crippen LogP contribution < -0.4 is 0 Å². The molecule has 2 nitrogen and oxygen atoms in total. The van der Waals surface area contributed by atoms with Crippen molar-refractivity contribution in [2.24, 2.45) is 40.4 Å². The van der Waals surface area contributed by atoms with Crippen molar-refractivity contribution in [2.45, 2.75) is 77.2 Å². The van der Waals surface area contributed by atoms with Crippen LogP contribution in [-0.2, 0) is 4.79 Å². The molecule has 5 aliphatic carbocycles. The molecule has 0 amide bonds. The number of carbonyl (C=O) groups is 1. The second-order valence-corrected chi connectivity index (χ2v) is 10.0. The minimum atomic E-state index is -0.0495. The lowest BCUT2D eigenvalue weighted by Gasteiger charge is -2.61. The maximum Gasteiger partial charge on any atom is 0.155 e. The predicted molar refractivity (Wildman–Crippen MR) is 94.3 cm³/mol. The number of ketones is 1. The van der Waals surface area contributed by atoms with Gasteiger partial charge in [0.1, 0.15) is 0 Å². The fourth-order valence-corrected chi connectivity index (χ4v) is 8.33. The molecule has 0 heterocycles. The molecule has 1 spiro atoms. The quantitative estimate of drug-likeness (QED) is 0.710. The molecule has 0 aromatic heterocycles. The molecule has 2 heteroatoms. The van der Waals surface area contributed by atoms with Crippen molar-refractivity contribution in [3.63, 3.8) is 0 Å². The molecule has 0 radical (unpaired) electrons. The van der Waals surface area contributed by atoms with Crippen LogP contribution in [0.4, 0.5) is 0 Å². The maximum absolute atomic E-state index is 12.2. The van der Waals surface area contributed by atoms with E-state index in [9.17, 15) is 9.90 Å². The van der Waals surface area contributed by atoms with Crippen LogP contribution in [0.3, 0.4) is 0 Å². The molecule has 0 aromatic rings. The minimum Gasteiger partial charge on any atom is -0.393 e. The Hall–Kier alpha value is -0.630. The van der Waals surface area contributed by atoms with Crippen LogP contribution >= 0.6 is 0 Å². The van der Waals surface area contributed by atoms with Crippen molar-refractivity contribution in [3.05, 3.63) is 12.2 Å². The fourth-order valence-electron chi connectivity index (χ4n) is 8.33. The van der Waals surface area contributed by atoms with Gasteiger partial charge in [0.2, 0.25) is 0 Å². The van der Waals surface area contributed by atoms with Crippen LogP contribution in [0.2, 0.25) is 0 Å². The van der Waals surface area contributed by atoms with E-state index >= 15 is 0 Å². The van der Waals surface area contributed by atoms with E-state index in [4.69, 9.17) is 0 Å². The smallest absolute Gasteiger partial charge is 0.155 e. The minimum absolute atomic E-state index is 0.0495. The van der Waals surface area contributed by atoms with Gasteiger partial charge in [0.15, 0.2) is 5.78 Å². The monoisotopic (exact) mass is 328 g/mol. The second-order valence-electron chi connectivity index (χ2n) is 10.0. The molecule has 0 aromatic carbocycles. The molecule has 0 bridgehead atoms. The molecule has 1 N–H and O–H groups in total. The summed E-state index contributed by atoms with van der Waals surface area (Å²) < 4.78 is 0. The van der Waals surface area contributed by atoms with Crippen LogP contribution in [0, 0.1) is 40.4 Å². The topological polar surface area (TPSA) is 37.3 Å². The average Bonchev–Trinajstić information content (AvgIpc) is 2.94. The molecule has 4 saturated carbocycles. The molecule has 0 aliphatic heterocycles. The van der Waals surface area contributed by atoms with Gasteiger partial charge in [-0.15, -0.1) is 0 Å². The van der Waals surface area contributed by atoms with E-state index in [2.05, 4.69) is 13.0 Å². The molecule has 5 rings (SSSR count). The predicted octanol–water partition coefficient (Wildman–Crippen LogP) is 4.52. The Balaban J connectivity index is 1.47. The van der Waals surface area contributed by atoms with Crippen molar-refractivity contribution < 1.29 is 9.90 Å². The highest BCUT2D eigenvalue weighted by Gasteiger charge is 2.61. The number of carbonyl (C=O) groups excluding carboxylic acids is 1. The normalized spacial score (nSPS) is 56.2. The van der Waals surface area contributed by atoms with E-state index in [0.717, 1.165) is 42.9 Å². The number of allylic oxidation sites excluding steroid dienone is 2. The summed E-state index contributed by atoms with van der Waals surface area (Å²) in [6, 6.07) is 0. The number of hydrogen-bond acceptors (Lipinski definition) is 2. The lowest BCUT2D eigenvalue weighted by Crippen LogP contribution is -2.55. The van der Waals surface area contributed by atoms with E-state index in [1.165, 1.54) is 44.9 Å². The summed E-state index contributed by atoms with van der Waals surface area (Å²) >= 11 is 0. The van der Waals surface area contributed by atoms with E-state index < -0.39 is 0 Å². The average molecular weight is 328 g/mol. The zero-order valence-corrected chi connectivity index (χ0v) is 15.0. The van der Waals surface area contributed by atoms with Gasteiger partial charge in [0.25, 0.3) is 0 Å². The van der Waals surface area contributed by atoms with Crippen LogP contribution in [0.1, 0.15) is 71.1 Å². The van der Waals surface area contributed by atoms with Crippen LogP contribution in [0.5, 0.6) is 0 Å². The van der Waals surface area contributed by atoms with Gasteiger partial charge < -0.3 is 5.11 Å². The molecule has 5 aliphatic rings. The maximum atomic E-state index is 12.2. The van der Waals surface area contributed by atoms with E-state index in [1.54, 1.807) is 0 Å². The SMILES string of the molecule is C[C@]12CC[C@@H](O)C[C@@H]1CC[C@H]1[C@@H]3CCC4C=CC(=O)C[C@@]43CC[C@@H]12. The lowest BCUT2D eigenvalue weighted by molar-refractivity contribution is -0.138. The molecule has 1 unspecified atom stereocenters. The lowest BCUT2D eigenvalue weighted by atomic mass is 9.43. The Morgan fingerprint density at radius 3 is 2.79 bits per heavy atom. The van der Waals surface area contributed by atoms with Gasteiger partial charge in [-0.3, -0.25) is 4.79 Å². The fraction of sp³-hybridized carbons (Fsp3) is 0.864. The standard InChI is InChI=1S/C22H32O2/c1-21-10-8-16(23)12-15(21)3-6-18-19(21)9-11-22-13-17(24)5-2-14(22)4-7-20(18)22/h2,5,14-16,18-20,23H,3-4,6-13H2,1H3/t14?,15-,16+,18+,19-,20-,21-,22-/m0/s1. The second kappa shape index (κ2) is 5.19. The van der Waals surface area contributed by atoms with Crippen molar-refractivity contribution in [1.82, 2.24) is 0 Å². The van der Waals surface area contributed by atoms with Crippen molar-refractivity contribution >= 4 is 5.78 Å². The summed E-state index contributed by atoms with van der Waals surface area (Å²) in [5.41, 5.74) is 0.779. The number of rotatable bonds is 0. The first-order valence-corrected chi connectivity index (χ1v) is 10.4. The van der Waals surface area contributed by atoms with Crippen molar-refractivity contribution in [2.75, 3.05) is 0 Å². The molecular weight excluding hydrogens is 296 g/mol. The zero-order chi connectivity index (χ0) is 16.5. The Morgan fingerprint density at radius 1 is 1.04 bits per heavy atom. The van der Waals surface area contributed by atoms with E-state index in [-0.39, 0.29) is 6.10 Å². The third-order valence-corrected chi connectivity index (χ3v) is 9.44. The van der Waals surface area contributed by atoms with Crippen LogP contribution in [0.25, 0.3) is 0 Å². The Bertz CT molecular complexity index is 581. The molecule has 0 saturated heterocycles. The van der Waals surface area contributed by atoms with Gasteiger partial charge in [0.05, 0.1) is 6.10 Å². The first-order valence-electron chi connectivity index (χ1n) is 10.4. The van der Waals surface area contributed by atoms with Gasteiger partial charge in [-0.1, -0.05) is 13.0 Å². The van der Waals surface area contributed by atoms with Gasteiger partial charge in [0, 0.05) is 6.42 Å². The molecule has 4 fully saturated rings. The third kappa shape index (κ3) is 1.95. The summed E-state index contributed by atoms with van der Waals surface area (Å²) in [6.45, 7) is 2.55. The van der Waals surface area contributed by atoms with Gasteiger partial charge in [-0.05, 0) is 104 Å². The van der Waals surface area contributed by atoms with Gasteiger partial charge >= 0.3 is 0 Å². The molecule has 132 valence electrons. The largest absolute Gasteiger partial charge is 0.393 e. The highest BCUT2D eigenvalue weighted by atomic mass is 16.3. The molecular formula is C22H32O2. The number of fused-ring (bicyclic) bond motifs is 4. The zero-order valence-electron chi connectivity index (χ0n) is 15.0. The molecule has 24 heavy (non-hydrogen) atoms. The van der Waals surface area contributed by atoms with Crippen molar-refractivity contribution in [3.8, 4) is 0 Å². The number of aliphatic hydroxyl groups excluding tert-OH is 1. The summed E-state index contributed by atoms with van der Waals surface area (Å²) in [4.78, 5) is 12.2. The summed E-state index contributed by atoms with van der Waals surface area (Å²) in [5.74, 6) is 4.29. The first-order chi connectivity index (χ1) is 11.5. The van der Waals surface area contributed by atoms with Gasteiger partial charge in [-0.2, -0.15) is 0 Å². The number of aliphatic hydroxyl groups is 1. The van der Waals surface area contributed by atoms with Crippen LogP contribution in [-0.4, -0.2) is 17.0 Å². The highest BCUT2D eigenvalue weighted by molar-refractivity contribution is 5.91.